The van der Waals surface area contributed by atoms with E-state index in [1.165, 1.54) is 11.2 Å². The van der Waals surface area contributed by atoms with Crippen LogP contribution in [0.25, 0.3) is 0 Å². The first-order chi connectivity index (χ1) is 11.4. The Bertz CT molecular complexity index is 772. The molecule has 3 rings (SSSR count). The highest BCUT2D eigenvalue weighted by Crippen LogP contribution is 2.29. The molecule has 1 saturated heterocycles. The minimum Gasteiger partial charge on any atom is -0.466 e. The summed E-state index contributed by atoms with van der Waals surface area (Å²) in [5.74, 6) is -0.558. The van der Waals surface area contributed by atoms with Crippen LogP contribution in [0.2, 0.25) is 0 Å². The van der Waals surface area contributed by atoms with E-state index in [0.717, 1.165) is 4.90 Å². The molecule has 0 saturated carbocycles. The van der Waals surface area contributed by atoms with Crippen molar-refractivity contribution in [2.24, 2.45) is 0 Å². The molecule has 0 unspecified atom stereocenters. The highest BCUT2D eigenvalue weighted by molar-refractivity contribution is 6.10. The van der Waals surface area contributed by atoms with Crippen LogP contribution in [0.1, 0.15) is 12.7 Å². The third kappa shape index (κ3) is 2.54. The van der Waals surface area contributed by atoms with Crippen LogP contribution in [0.3, 0.4) is 0 Å². The van der Waals surface area contributed by atoms with Gasteiger partial charge in [0.15, 0.2) is 5.54 Å². The second kappa shape index (κ2) is 5.84. The number of carbonyl (C=O) groups excluding carboxylic acids is 3. The number of nitrogens with one attached hydrogen (secondary N) is 1. The number of furan rings is 1. The average Bonchev–Trinajstić information content (AvgIpc) is 3.19. The topological polar surface area (TPSA) is 82.9 Å². The van der Waals surface area contributed by atoms with E-state index in [1.54, 1.807) is 50.4 Å². The number of carbonyl (C=O) groups is 3. The number of imide groups is 1. The molecule has 2 heterocycles. The first-order valence-electron chi connectivity index (χ1n) is 7.43. The molecule has 1 aliphatic heterocycles. The number of amides is 4. The Morgan fingerprint density at radius 2 is 1.92 bits per heavy atom. The zero-order valence-corrected chi connectivity index (χ0v) is 13.4. The summed E-state index contributed by atoms with van der Waals surface area (Å²) in [6.07, 6.45) is 1.43. The fourth-order valence-electron chi connectivity index (χ4n) is 2.61. The number of benzene rings is 1. The average molecular weight is 327 g/mol. The van der Waals surface area contributed by atoms with Gasteiger partial charge in [-0.15, -0.1) is 0 Å². The second-order valence-corrected chi connectivity index (χ2v) is 5.71. The van der Waals surface area contributed by atoms with Gasteiger partial charge in [0, 0.05) is 12.7 Å². The van der Waals surface area contributed by atoms with Gasteiger partial charge in [0.1, 0.15) is 12.3 Å². The minimum absolute atomic E-state index is 0.326. The molecule has 1 aliphatic rings. The van der Waals surface area contributed by atoms with Gasteiger partial charge in [-0.3, -0.25) is 14.5 Å². The van der Waals surface area contributed by atoms with Gasteiger partial charge in [0.05, 0.1) is 6.26 Å². The standard InChI is InChI=1S/C17H17N3O4/c1-17(13-9-6-10-24-13)15(22)20(16(23)18-17)11-14(21)19(2)12-7-4-3-5-8-12/h3-10H,11H2,1-2H3,(H,18,23)/t17-/m0/s1. The Kier molecular flexibility index (Phi) is 3.84. The lowest BCUT2D eigenvalue weighted by Gasteiger charge is -2.21. The van der Waals surface area contributed by atoms with Crippen molar-refractivity contribution < 1.29 is 18.8 Å². The van der Waals surface area contributed by atoms with Crippen molar-refractivity contribution in [3.05, 3.63) is 54.5 Å². The van der Waals surface area contributed by atoms with E-state index >= 15 is 0 Å². The van der Waals surface area contributed by atoms with E-state index in [2.05, 4.69) is 5.32 Å². The van der Waals surface area contributed by atoms with Crippen molar-refractivity contribution in [1.29, 1.82) is 0 Å². The van der Waals surface area contributed by atoms with E-state index in [9.17, 15) is 14.4 Å². The number of likely N-dealkylation sites (N-methyl/N-ethyl adjacent to an activating group) is 1. The predicted octanol–water partition coefficient (Wildman–Crippen LogP) is 1.71. The van der Waals surface area contributed by atoms with Crippen molar-refractivity contribution in [1.82, 2.24) is 10.2 Å². The van der Waals surface area contributed by atoms with Crippen LogP contribution >= 0.6 is 0 Å². The number of para-hydroxylation sites is 1. The van der Waals surface area contributed by atoms with Gasteiger partial charge in [0.25, 0.3) is 5.91 Å². The summed E-state index contributed by atoms with van der Waals surface area (Å²) in [5.41, 5.74) is -0.616. The molecular weight excluding hydrogens is 310 g/mol. The Hall–Kier alpha value is -3.09. The van der Waals surface area contributed by atoms with Crippen molar-refractivity contribution in [3.63, 3.8) is 0 Å². The summed E-state index contributed by atoms with van der Waals surface area (Å²) < 4.78 is 5.25. The van der Waals surface area contributed by atoms with Crippen LogP contribution < -0.4 is 10.2 Å². The van der Waals surface area contributed by atoms with Crippen LogP contribution in [-0.2, 0) is 15.1 Å². The maximum Gasteiger partial charge on any atom is 0.325 e. The predicted molar refractivity (Wildman–Crippen MR) is 86.2 cm³/mol. The smallest absolute Gasteiger partial charge is 0.325 e. The highest BCUT2D eigenvalue weighted by atomic mass is 16.3. The van der Waals surface area contributed by atoms with Gasteiger partial charge >= 0.3 is 6.03 Å². The van der Waals surface area contributed by atoms with Crippen LogP contribution in [-0.4, -0.2) is 36.3 Å². The lowest BCUT2D eigenvalue weighted by atomic mass is 9.99. The van der Waals surface area contributed by atoms with Crippen molar-refractivity contribution >= 4 is 23.5 Å². The summed E-state index contributed by atoms with van der Waals surface area (Å²) in [6.45, 7) is 1.21. The maximum atomic E-state index is 12.6. The van der Waals surface area contributed by atoms with E-state index in [4.69, 9.17) is 4.42 Å². The third-order valence-corrected chi connectivity index (χ3v) is 4.10. The maximum absolute atomic E-state index is 12.6. The highest BCUT2D eigenvalue weighted by Gasteiger charge is 2.51. The van der Waals surface area contributed by atoms with Crippen LogP contribution in [0.15, 0.2) is 53.1 Å². The lowest BCUT2D eigenvalue weighted by Crippen LogP contribution is -2.43. The Balaban J connectivity index is 1.77. The minimum atomic E-state index is -1.30. The quantitative estimate of drug-likeness (QED) is 0.867. The molecule has 1 aromatic heterocycles. The molecule has 1 fully saturated rings. The Labute approximate surface area is 138 Å². The largest absolute Gasteiger partial charge is 0.466 e. The fourth-order valence-corrected chi connectivity index (χ4v) is 2.61. The monoisotopic (exact) mass is 327 g/mol. The normalized spacial score (nSPS) is 20.2. The van der Waals surface area contributed by atoms with E-state index in [0.29, 0.717) is 11.4 Å². The Morgan fingerprint density at radius 3 is 2.54 bits per heavy atom. The first kappa shape index (κ1) is 15.8. The molecule has 7 nitrogen and oxygen atoms in total. The Morgan fingerprint density at radius 1 is 1.21 bits per heavy atom. The summed E-state index contributed by atoms with van der Waals surface area (Å²) >= 11 is 0. The number of hydrogen-bond donors (Lipinski definition) is 1. The van der Waals surface area contributed by atoms with Gasteiger partial charge in [-0.25, -0.2) is 4.79 Å². The van der Waals surface area contributed by atoms with E-state index in [1.807, 2.05) is 6.07 Å². The third-order valence-electron chi connectivity index (χ3n) is 4.10. The number of hydrogen-bond acceptors (Lipinski definition) is 4. The van der Waals surface area contributed by atoms with E-state index < -0.39 is 17.5 Å². The summed E-state index contributed by atoms with van der Waals surface area (Å²) in [7, 11) is 1.60. The van der Waals surface area contributed by atoms with Crippen LogP contribution in [0.5, 0.6) is 0 Å². The number of urea groups is 1. The van der Waals surface area contributed by atoms with Gasteiger partial charge in [0.2, 0.25) is 5.91 Å². The first-order valence-corrected chi connectivity index (χ1v) is 7.43. The molecule has 0 radical (unpaired) electrons. The summed E-state index contributed by atoms with van der Waals surface area (Å²) in [6, 6.07) is 11.6. The summed E-state index contributed by atoms with van der Waals surface area (Å²) in [5, 5.41) is 2.59. The molecule has 1 N–H and O–H groups in total. The fraction of sp³-hybridized carbons (Fsp3) is 0.235. The molecule has 124 valence electrons. The summed E-state index contributed by atoms with van der Waals surface area (Å²) in [4.78, 5) is 39.5. The molecule has 1 atom stereocenters. The van der Waals surface area contributed by atoms with Crippen LogP contribution in [0.4, 0.5) is 10.5 Å². The van der Waals surface area contributed by atoms with Gasteiger partial charge in [-0.1, -0.05) is 18.2 Å². The molecule has 2 aromatic rings. The molecule has 0 aliphatic carbocycles. The van der Waals surface area contributed by atoms with Crippen LogP contribution in [0, 0.1) is 0 Å². The molecule has 1 aromatic carbocycles. The number of anilines is 1. The molecular formula is C17H17N3O4. The number of rotatable bonds is 4. The number of nitrogens with zero attached hydrogens (tertiary/aromatic N) is 2. The zero-order valence-electron chi connectivity index (χ0n) is 13.4. The molecule has 7 heteroatoms. The van der Waals surface area contributed by atoms with Crippen molar-refractivity contribution in [2.45, 2.75) is 12.5 Å². The van der Waals surface area contributed by atoms with Gasteiger partial charge < -0.3 is 14.6 Å². The molecule has 0 bridgehead atoms. The van der Waals surface area contributed by atoms with Gasteiger partial charge in [-0.2, -0.15) is 0 Å². The SMILES string of the molecule is CN(C(=O)CN1C(=O)N[C@@](C)(c2ccco2)C1=O)c1ccccc1. The zero-order chi connectivity index (χ0) is 17.3. The van der Waals surface area contributed by atoms with E-state index in [-0.39, 0.29) is 12.5 Å². The second-order valence-electron chi connectivity index (χ2n) is 5.71. The van der Waals surface area contributed by atoms with Gasteiger partial charge in [-0.05, 0) is 31.2 Å². The molecule has 24 heavy (non-hydrogen) atoms. The molecule has 4 amide bonds. The lowest BCUT2D eigenvalue weighted by molar-refractivity contribution is -0.134. The van der Waals surface area contributed by atoms with Crippen molar-refractivity contribution in [2.75, 3.05) is 18.5 Å². The van der Waals surface area contributed by atoms with Crippen molar-refractivity contribution in [3.8, 4) is 0 Å². The molecule has 0 spiro atoms.